The zero-order chi connectivity index (χ0) is 20.4. The molecule has 28 heavy (non-hydrogen) atoms. The zero-order valence-electron chi connectivity index (χ0n) is 15.6. The Hall–Kier alpha value is -2.39. The number of rotatable bonds is 6. The van der Waals surface area contributed by atoms with E-state index in [1.54, 1.807) is 0 Å². The molecule has 1 aromatic carbocycles. The van der Waals surface area contributed by atoms with Gasteiger partial charge in [0.25, 0.3) is 5.56 Å². The summed E-state index contributed by atoms with van der Waals surface area (Å²) in [7, 11) is 1.36. The van der Waals surface area contributed by atoms with Crippen LogP contribution in [0.2, 0.25) is 0 Å². The first kappa shape index (κ1) is 20.3. The molecule has 6 nitrogen and oxygen atoms in total. The van der Waals surface area contributed by atoms with Crippen molar-refractivity contribution >= 4 is 0 Å². The van der Waals surface area contributed by atoms with E-state index in [1.807, 2.05) is 6.92 Å². The smallest absolute Gasteiger partial charge is 0.416 e. The van der Waals surface area contributed by atoms with Crippen LogP contribution in [0.5, 0.6) is 5.75 Å². The van der Waals surface area contributed by atoms with E-state index in [2.05, 4.69) is 4.98 Å². The van der Waals surface area contributed by atoms with Gasteiger partial charge in [0.15, 0.2) is 6.79 Å². The highest BCUT2D eigenvalue weighted by Gasteiger charge is 2.33. The van der Waals surface area contributed by atoms with Crippen LogP contribution < -0.4 is 10.3 Å². The molecule has 0 N–H and O–H groups in total. The Morgan fingerprint density at radius 2 is 2.11 bits per heavy atom. The molecule has 0 saturated carbocycles. The highest BCUT2D eigenvalue weighted by Crippen LogP contribution is 2.36. The Morgan fingerprint density at radius 3 is 2.75 bits per heavy atom. The van der Waals surface area contributed by atoms with Crippen LogP contribution in [0.4, 0.5) is 13.2 Å². The summed E-state index contributed by atoms with van der Waals surface area (Å²) >= 11 is 0. The van der Waals surface area contributed by atoms with E-state index in [-0.39, 0.29) is 34.6 Å². The maximum Gasteiger partial charge on any atom is 0.416 e. The lowest BCUT2D eigenvalue weighted by Crippen LogP contribution is -2.31. The van der Waals surface area contributed by atoms with Gasteiger partial charge in [-0.25, -0.2) is 4.98 Å². The average Bonchev–Trinajstić information content (AvgIpc) is 3.07. The zero-order valence-corrected chi connectivity index (χ0v) is 15.6. The lowest BCUT2D eigenvalue weighted by molar-refractivity contribution is -0.137. The van der Waals surface area contributed by atoms with E-state index in [4.69, 9.17) is 14.2 Å². The second-order valence-corrected chi connectivity index (χ2v) is 7.11. The Kier molecular flexibility index (Phi) is 5.76. The maximum atomic E-state index is 13.1. The summed E-state index contributed by atoms with van der Waals surface area (Å²) in [6, 6.07) is 2.99. The summed E-state index contributed by atoms with van der Waals surface area (Å²) in [4.78, 5) is 17.1. The van der Waals surface area contributed by atoms with Crippen LogP contribution in [-0.4, -0.2) is 36.7 Å². The quantitative estimate of drug-likeness (QED) is 0.699. The molecule has 0 spiro atoms. The third kappa shape index (κ3) is 4.36. The van der Waals surface area contributed by atoms with Gasteiger partial charge in [-0.15, -0.1) is 0 Å². The predicted molar refractivity (Wildman–Crippen MR) is 95.0 cm³/mol. The van der Waals surface area contributed by atoms with Gasteiger partial charge in [0, 0.05) is 37.4 Å². The Balaban J connectivity index is 2.02. The maximum absolute atomic E-state index is 13.1. The second kappa shape index (κ2) is 7.92. The van der Waals surface area contributed by atoms with Crippen molar-refractivity contribution in [2.24, 2.45) is 5.41 Å². The molecule has 0 aliphatic carbocycles. The molecule has 0 amide bonds. The highest BCUT2D eigenvalue weighted by molar-refractivity contribution is 5.69. The number of hydrogen-bond donors (Lipinski definition) is 0. The van der Waals surface area contributed by atoms with Crippen LogP contribution in [0.25, 0.3) is 11.1 Å². The lowest BCUT2D eigenvalue weighted by atomic mass is 9.90. The van der Waals surface area contributed by atoms with E-state index in [1.165, 1.54) is 30.3 Å². The molecule has 2 heterocycles. The topological polar surface area (TPSA) is 62.6 Å². The number of methoxy groups -OCH3 is 1. The van der Waals surface area contributed by atoms with Crippen molar-refractivity contribution < 1.29 is 27.4 Å². The van der Waals surface area contributed by atoms with Crippen molar-refractivity contribution in [1.82, 2.24) is 9.55 Å². The minimum absolute atomic E-state index is 0.0938. The number of alkyl halides is 3. The molecule has 1 unspecified atom stereocenters. The second-order valence-electron chi connectivity index (χ2n) is 7.11. The monoisotopic (exact) mass is 398 g/mol. The number of aromatic nitrogens is 2. The minimum atomic E-state index is -4.53. The van der Waals surface area contributed by atoms with Crippen molar-refractivity contribution in [2.75, 3.05) is 27.1 Å². The number of hydrogen-bond acceptors (Lipinski definition) is 5. The van der Waals surface area contributed by atoms with Crippen LogP contribution in [-0.2, 0) is 22.2 Å². The largest absolute Gasteiger partial charge is 0.467 e. The van der Waals surface area contributed by atoms with Gasteiger partial charge >= 0.3 is 6.18 Å². The van der Waals surface area contributed by atoms with Gasteiger partial charge in [-0.1, -0.05) is 6.92 Å². The van der Waals surface area contributed by atoms with Gasteiger partial charge < -0.3 is 14.2 Å². The van der Waals surface area contributed by atoms with E-state index in [0.717, 1.165) is 18.6 Å². The van der Waals surface area contributed by atoms with E-state index in [9.17, 15) is 18.0 Å². The normalized spacial score (nSPS) is 19.8. The number of halogens is 3. The summed E-state index contributed by atoms with van der Waals surface area (Å²) in [5, 5.41) is 0. The minimum Gasteiger partial charge on any atom is -0.467 e. The fraction of sp³-hybridized carbons (Fsp3) is 0.474. The molecule has 0 radical (unpaired) electrons. The summed E-state index contributed by atoms with van der Waals surface area (Å²) in [6.07, 6.45) is -0.966. The third-order valence-electron chi connectivity index (χ3n) is 4.68. The predicted octanol–water partition coefficient (Wildman–Crippen LogP) is 3.34. The molecule has 1 aliphatic rings. The molecule has 9 heteroatoms. The summed E-state index contributed by atoms with van der Waals surface area (Å²) < 4.78 is 56.2. The molecule has 152 valence electrons. The van der Waals surface area contributed by atoms with Crippen LogP contribution in [0.3, 0.4) is 0 Å². The molecule has 1 fully saturated rings. The third-order valence-corrected chi connectivity index (χ3v) is 4.68. The molecular formula is C19H21F3N2O4. The Labute approximate surface area is 159 Å². The van der Waals surface area contributed by atoms with Crippen molar-refractivity contribution in [1.29, 1.82) is 0 Å². The molecule has 3 rings (SSSR count). The molecule has 1 atom stereocenters. The van der Waals surface area contributed by atoms with Gasteiger partial charge in [-0.2, -0.15) is 13.2 Å². The Morgan fingerprint density at radius 1 is 1.32 bits per heavy atom. The van der Waals surface area contributed by atoms with Gasteiger partial charge in [0.05, 0.1) is 24.1 Å². The first-order valence-electron chi connectivity index (χ1n) is 8.69. The lowest BCUT2D eigenvalue weighted by Gasteiger charge is -2.22. The highest BCUT2D eigenvalue weighted by atomic mass is 19.4. The fourth-order valence-electron chi connectivity index (χ4n) is 3.16. The van der Waals surface area contributed by atoms with Crippen molar-refractivity contribution in [3.63, 3.8) is 0 Å². The van der Waals surface area contributed by atoms with Crippen LogP contribution in [0, 0.1) is 5.41 Å². The van der Waals surface area contributed by atoms with E-state index < -0.39 is 11.7 Å². The first-order chi connectivity index (χ1) is 13.2. The van der Waals surface area contributed by atoms with Crippen LogP contribution >= 0.6 is 0 Å². The first-order valence-corrected chi connectivity index (χ1v) is 8.69. The van der Waals surface area contributed by atoms with Crippen molar-refractivity contribution in [2.45, 2.75) is 26.1 Å². The van der Waals surface area contributed by atoms with Crippen LogP contribution in [0.15, 0.2) is 35.5 Å². The fourth-order valence-corrected chi connectivity index (χ4v) is 3.16. The van der Waals surface area contributed by atoms with Gasteiger partial charge in [0.1, 0.15) is 5.75 Å². The number of nitrogens with zero attached hydrogens (tertiary/aromatic N) is 2. The molecular weight excluding hydrogens is 377 g/mol. The molecule has 1 aromatic heterocycles. The standard InChI is InChI=1S/C19H21F3N2O4/c1-18(5-6-27-10-18)9-24-11-23-8-15(17(24)25)14-4-3-13(19(20,21)22)7-16(14)28-12-26-2/h3-4,7-8,11H,5-6,9-10,12H2,1-2H3. The van der Waals surface area contributed by atoms with Gasteiger partial charge in [-0.05, 0) is 24.6 Å². The SMILES string of the molecule is COCOc1cc(C(F)(F)F)ccc1-c1cncn(CC2(C)CCOC2)c1=O. The average molecular weight is 398 g/mol. The summed E-state index contributed by atoms with van der Waals surface area (Å²) in [6.45, 7) is 3.34. The number of ether oxygens (including phenoxy) is 3. The number of benzene rings is 1. The van der Waals surface area contributed by atoms with Crippen LogP contribution in [0.1, 0.15) is 18.9 Å². The van der Waals surface area contributed by atoms with Crippen molar-refractivity contribution in [3.05, 3.63) is 46.6 Å². The van der Waals surface area contributed by atoms with E-state index >= 15 is 0 Å². The molecule has 2 aromatic rings. The Bertz CT molecular complexity index is 889. The van der Waals surface area contributed by atoms with E-state index in [0.29, 0.717) is 19.8 Å². The molecule has 1 saturated heterocycles. The summed E-state index contributed by atoms with van der Waals surface area (Å²) in [5.74, 6) is -0.0938. The summed E-state index contributed by atoms with van der Waals surface area (Å²) in [5.41, 5.74) is -1.04. The van der Waals surface area contributed by atoms with Gasteiger partial charge in [-0.3, -0.25) is 9.36 Å². The molecule has 1 aliphatic heterocycles. The van der Waals surface area contributed by atoms with Gasteiger partial charge in [0.2, 0.25) is 0 Å². The molecule has 0 bridgehead atoms. The van der Waals surface area contributed by atoms with Crippen molar-refractivity contribution in [3.8, 4) is 16.9 Å².